The predicted octanol–water partition coefficient (Wildman–Crippen LogP) is 1.48. The standard InChI is InChI=1S/C13H19ClN4O/c1-13(2)8-18(5-4-17(13)3)12(19)9-6-11(15)16-7-10(9)14/h6-7H,4-5,8H2,1-3H3,(H2,15,16). The third-order valence-electron chi connectivity index (χ3n) is 3.71. The van der Waals surface area contributed by atoms with Crippen molar-refractivity contribution in [2.24, 2.45) is 0 Å². The SMILES string of the molecule is CN1CCN(C(=O)c2cc(N)ncc2Cl)CC1(C)C. The van der Waals surface area contributed by atoms with Crippen molar-refractivity contribution in [3.05, 3.63) is 22.8 Å². The van der Waals surface area contributed by atoms with E-state index in [1.165, 1.54) is 12.3 Å². The topological polar surface area (TPSA) is 62.5 Å². The Hall–Kier alpha value is -1.33. The number of nitrogen functional groups attached to an aromatic ring is 1. The summed E-state index contributed by atoms with van der Waals surface area (Å²) in [7, 11) is 2.07. The Morgan fingerprint density at radius 1 is 1.47 bits per heavy atom. The van der Waals surface area contributed by atoms with Gasteiger partial charge in [0.15, 0.2) is 0 Å². The second-order valence-electron chi connectivity index (χ2n) is 5.55. The predicted molar refractivity (Wildman–Crippen MR) is 76.3 cm³/mol. The van der Waals surface area contributed by atoms with Gasteiger partial charge in [-0.25, -0.2) is 4.98 Å². The number of aromatic nitrogens is 1. The molecule has 1 saturated heterocycles. The first-order valence-corrected chi connectivity index (χ1v) is 6.60. The number of piperazine rings is 1. The Balaban J connectivity index is 2.23. The summed E-state index contributed by atoms with van der Waals surface area (Å²) in [6.45, 7) is 6.44. The van der Waals surface area contributed by atoms with Crippen LogP contribution in [0, 0.1) is 0 Å². The maximum absolute atomic E-state index is 12.5. The van der Waals surface area contributed by atoms with Crippen LogP contribution in [0.1, 0.15) is 24.2 Å². The van der Waals surface area contributed by atoms with Crippen molar-refractivity contribution < 1.29 is 4.79 Å². The molecule has 104 valence electrons. The van der Waals surface area contributed by atoms with E-state index in [9.17, 15) is 4.79 Å². The molecule has 1 aromatic rings. The van der Waals surface area contributed by atoms with E-state index in [1.54, 1.807) is 0 Å². The van der Waals surface area contributed by atoms with E-state index < -0.39 is 0 Å². The Labute approximate surface area is 118 Å². The zero-order valence-electron chi connectivity index (χ0n) is 11.5. The van der Waals surface area contributed by atoms with Crippen LogP contribution in [-0.2, 0) is 0 Å². The minimum atomic E-state index is -0.0831. The quantitative estimate of drug-likeness (QED) is 0.848. The molecule has 2 heterocycles. The number of carbonyl (C=O) groups is 1. The molecule has 1 amide bonds. The Bertz CT molecular complexity index is 503. The molecule has 0 unspecified atom stereocenters. The number of nitrogens with two attached hydrogens (primary N) is 1. The van der Waals surface area contributed by atoms with Crippen LogP contribution in [-0.4, -0.2) is 52.9 Å². The Kier molecular flexibility index (Phi) is 3.69. The van der Waals surface area contributed by atoms with Crippen molar-refractivity contribution >= 4 is 23.3 Å². The second kappa shape index (κ2) is 4.98. The van der Waals surface area contributed by atoms with Gasteiger partial charge in [0.05, 0.1) is 10.6 Å². The van der Waals surface area contributed by atoms with Gasteiger partial charge in [-0.15, -0.1) is 0 Å². The second-order valence-corrected chi connectivity index (χ2v) is 5.96. The number of rotatable bonds is 1. The smallest absolute Gasteiger partial charge is 0.255 e. The number of amides is 1. The Morgan fingerprint density at radius 2 is 2.16 bits per heavy atom. The van der Waals surface area contributed by atoms with Crippen LogP contribution in [0.25, 0.3) is 0 Å². The lowest BCUT2D eigenvalue weighted by atomic mass is 9.99. The normalized spacial score (nSPS) is 19.5. The highest BCUT2D eigenvalue weighted by Crippen LogP contribution is 2.23. The monoisotopic (exact) mass is 282 g/mol. The van der Waals surface area contributed by atoms with Crippen LogP contribution >= 0.6 is 11.6 Å². The van der Waals surface area contributed by atoms with E-state index >= 15 is 0 Å². The fraction of sp³-hybridized carbons (Fsp3) is 0.538. The van der Waals surface area contributed by atoms with Gasteiger partial charge in [0.25, 0.3) is 5.91 Å². The first-order chi connectivity index (χ1) is 8.81. The molecular weight excluding hydrogens is 264 g/mol. The van der Waals surface area contributed by atoms with Crippen LogP contribution in [0.4, 0.5) is 5.82 Å². The lowest BCUT2D eigenvalue weighted by molar-refractivity contribution is 0.0311. The molecule has 1 fully saturated rings. The van der Waals surface area contributed by atoms with E-state index in [1.807, 2.05) is 4.90 Å². The number of pyridine rings is 1. The van der Waals surface area contributed by atoms with Crippen LogP contribution in [0.5, 0.6) is 0 Å². The molecule has 0 radical (unpaired) electrons. The average Bonchev–Trinajstić information content (AvgIpc) is 2.35. The number of likely N-dealkylation sites (N-methyl/N-ethyl adjacent to an activating group) is 1. The molecule has 0 saturated carbocycles. The van der Waals surface area contributed by atoms with Crippen LogP contribution in [0.15, 0.2) is 12.3 Å². The lowest BCUT2D eigenvalue weighted by Gasteiger charge is -2.45. The van der Waals surface area contributed by atoms with Gasteiger partial charge < -0.3 is 10.6 Å². The molecule has 0 aromatic carbocycles. The zero-order valence-corrected chi connectivity index (χ0v) is 12.2. The maximum Gasteiger partial charge on any atom is 0.255 e. The first-order valence-electron chi connectivity index (χ1n) is 6.23. The number of hydrogen-bond donors (Lipinski definition) is 1. The summed E-state index contributed by atoms with van der Waals surface area (Å²) in [5, 5.41) is 0.343. The van der Waals surface area contributed by atoms with Gasteiger partial charge in [-0.2, -0.15) is 0 Å². The molecule has 2 N–H and O–H groups in total. The third-order valence-corrected chi connectivity index (χ3v) is 4.01. The minimum Gasteiger partial charge on any atom is -0.384 e. The highest BCUT2D eigenvalue weighted by Gasteiger charge is 2.34. The summed E-state index contributed by atoms with van der Waals surface area (Å²) in [5.41, 5.74) is 6.00. The molecule has 0 spiro atoms. The number of hydrogen-bond acceptors (Lipinski definition) is 4. The highest BCUT2D eigenvalue weighted by molar-refractivity contribution is 6.33. The van der Waals surface area contributed by atoms with E-state index in [0.717, 1.165) is 6.54 Å². The molecule has 6 heteroatoms. The van der Waals surface area contributed by atoms with Crippen molar-refractivity contribution in [2.45, 2.75) is 19.4 Å². The highest BCUT2D eigenvalue weighted by atomic mass is 35.5. The van der Waals surface area contributed by atoms with E-state index in [4.69, 9.17) is 17.3 Å². The van der Waals surface area contributed by atoms with Gasteiger partial charge in [-0.3, -0.25) is 9.69 Å². The fourth-order valence-corrected chi connectivity index (χ4v) is 2.39. The summed E-state index contributed by atoms with van der Waals surface area (Å²) >= 11 is 6.03. The molecular formula is C13H19ClN4O. The van der Waals surface area contributed by atoms with Crippen molar-refractivity contribution in [3.8, 4) is 0 Å². The van der Waals surface area contributed by atoms with Gasteiger partial charge in [0.1, 0.15) is 5.82 Å². The third kappa shape index (κ3) is 2.82. The van der Waals surface area contributed by atoms with E-state index in [2.05, 4.69) is 30.8 Å². The molecule has 2 rings (SSSR count). The number of carbonyl (C=O) groups excluding carboxylic acids is 1. The molecule has 0 aliphatic carbocycles. The van der Waals surface area contributed by atoms with Crippen LogP contribution < -0.4 is 5.73 Å². The summed E-state index contributed by atoms with van der Waals surface area (Å²) in [5.74, 6) is 0.224. The van der Waals surface area contributed by atoms with E-state index in [0.29, 0.717) is 29.5 Å². The van der Waals surface area contributed by atoms with E-state index in [-0.39, 0.29) is 11.4 Å². The fourth-order valence-electron chi connectivity index (χ4n) is 2.20. The molecule has 0 bridgehead atoms. The summed E-state index contributed by atoms with van der Waals surface area (Å²) in [6.07, 6.45) is 1.42. The minimum absolute atomic E-state index is 0.0427. The van der Waals surface area contributed by atoms with Gasteiger partial charge in [0, 0.05) is 31.4 Å². The first kappa shape index (κ1) is 14.1. The Morgan fingerprint density at radius 3 is 2.79 bits per heavy atom. The largest absolute Gasteiger partial charge is 0.384 e. The molecule has 5 nitrogen and oxygen atoms in total. The van der Waals surface area contributed by atoms with Gasteiger partial charge in [-0.1, -0.05) is 11.6 Å². The molecule has 0 atom stereocenters. The van der Waals surface area contributed by atoms with Gasteiger partial charge in [0.2, 0.25) is 0 Å². The molecule has 1 aliphatic rings. The van der Waals surface area contributed by atoms with Crippen molar-refractivity contribution in [1.29, 1.82) is 0 Å². The summed E-state index contributed by atoms with van der Waals surface area (Å²) in [6, 6.07) is 1.54. The van der Waals surface area contributed by atoms with Crippen molar-refractivity contribution in [1.82, 2.24) is 14.8 Å². The molecule has 19 heavy (non-hydrogen) atoms. The number of anilines is 1. The van der Waals surface area contributed by atoms with Crippen LogP contribution in [0.3, 0.4) is 0 Å². The number of nitrogens with zero attached hydrogens (tertiary/aromatic N) is 3. The average molecular weight is 283 g/mol. The van der Waals surface area contributed by atoms with Gasteiger partial charge in [-0.05, 0) is 27.0 Å². The van der Waals surface area contributed by atoms with Gasteiger partial charge >= 0.3 is 0 Å². The summed E-state index contributed by atoms with van der Waals surface area (Å²) in [4.78, 5) is 20.5. The maximum atomic E-state index is 12.5. The van der Waals surface area contributed by atoms with Crippen molar-refractivity contribution in [2.75, 3.05) is 32.4 Å². The van der Waals surface area contributed by atoms with Crippen LogP contribution in [0.2, 0.25) is 5.02 Å². The zero-order chi connectivity index (χ0) is 14.2. The summed E-state index contributed by atoms with van der Waals surface area (Å²) < 4.78 is 0. The molecule has 1 aromatic heterocycles. The van der Waals surface area contributed by atoms with Crippen molar-refractivity contribution in [3.63, 3.8) is 0 Å². The lowest BCUT2D eigenvalue weighted by Crippen LogP contribution is -2.58. The molecule has 1 aliphatic heterocycles. The number of halogens is 1.